The average Bonchev–Trinajstić information content (AvgIpc) is 3.14. The van der Waals surface area contributed by atoms with Crippen molar-refractivity contribution in [1.82, 2.24) is 14.5 Å². The molecule has 1 saturated heterocycles. The molecule has 0 radical (unpaired) electrons. The van der Waals surface area contributed by atoms with E-state index in [0.29, 0.717) is 19.5 Å². The Balaban J connectivity index is 1.61. The molecular formula is C16H20N4O3. The molecular weight excluding hydrogens is 296 g/mol. The van der Waals surface area contributed by atoms with E-state index in [4.69, 9.17) is 0 Å². The number of anilines is 1. The van der Waals surface area contributed by atoms with Crippen molar-refractivity contribution in [3.05, 3.63) is 24.5 Å². The van der Waals surface area contributed by atoms with Crippen LogP contribution in [0.4, 0.5) is 10.5 Å². The number of carbonyl (C=O) groups is 2. The van der Waals surface area contributed by atoms with Crippen LogP contribution in [0, 0.1) is 5.92 Å². The number of aryl methyl sites for hydroxylation is 1. The number of hydrogen-bond donors (Lipinski definition) is 1. The molecule has 0 saturated carbocycles. The highest BCUT2D eigenvalue weighted by molar-refractivity contribution is 5.92. The molecule has 0 spiro atoms. The van der Waals surface area contributed by atoms with Gasteiger partial charge in [-0.3, -0.25) is 4.79 Å². The Kier molecular flexibility index (Phi) is 4.18. The molecule has 1 aromatic heterocycles. The number of aromatic nitrogens is 2. The van der Waals surface area contributed by atoms with Crippen molar-refractivity contribution < 1.29 is 14.3 Å². The van der Waals surface area contributed by atoms with Gasteiger partial charge in [-0.1, -0.05) is 0 Å². The Labute approximate surface area is 134 Å². The van der Waals surface area contributed by atoms with Crippen molar-refractivity contribution in [3.63, 3.8) is 0 Å². The fourth-order valence-electron chi connectivity index (χ4n) is 2.92. The van der Waals surface area contributed by atoms with Crippen molar-refractivity contribution in [1.29, 1.82) is 0 Å². The summed E-state index contributed by atoms with van der Waals surface area (Å²) in [6.07, 6.45) is 2.93. The smallest absolute Gasteiger partial charge is 0.321 e. The molecule has 0 aliphatic carbocycles. The Morgan fingerprint density at radius 3 is 3.04 bits per heavy atom. The number of fused-ring (bicyclic) bond motifs is 1. The highest BCUT2D eigenvalue weighted by Crippen LogP contribution is 2.22. The van der Waals surface area contributed by atoms with Crippen LogP contribution in [0.15, 0.2) is 24.5 Å². The second kappa shape index (κ2) is 6.28. The van der Waals surface area contributed by atoms with E-state index in [2.05, 4.69) is 15.0 Å². The van der Waals surface area contributed by atoms with Gasteiger partial charge in [-0.15, -0.1) is 0 Å². The minimum absolute atomic E-state index is 0.146. The molecule has 2 amide bonds. The van der Waals surface area contributed by atoms with Gasteiger partial charge < -0.3 is 19.5 Å². The van der Waals surface area contributed by atoms with Crippen LogP contribution in [0.1, 0.15) is 12.8 Å². The van der Waals surface area contributed by atoms with Crippen LogP contribution in [-0.2, 0) is 16.6 Å². The van der Waals surface area contributed by atoms with Gasteiger partial charge in [-0.2, -0.15) is 0 Å². The molecule has 1 atom stereocenters. The van der Waals surface area contributed by atoms with Crippen molar-refractivity contribution >= 4 is 28.7 Å². The van der Waals surface area contributed by atoms with Crippen LogP contribution in [0.25, 0.3) is 11.0 Å². The van der Waals surface area contributed by atoms with Crippen molar-refractivity contribution in [2.45, 2.75) is 12.8 Å². The number of carbonyl (C=O) groups excluding carboxylic acids is 2. The van der Waals surface area contributed by atoms with E-state index in [1.165, 1.54) is 7.11 Å². The predicted molar refractivity (Wildman–Crippen MR) is 86.0 cm³/mol. The van der Waals surface area contributed by atoms with E-state index in [9.17, 15) is 9.59 Å². The highest BCUT2D eigenvalue weighted by Gasteiger charge is 2.28. The normalized spacial score (nSPS) is 17.5. The first-order valence-corrected chi connectivity index (χ1v) is 7.60. The zero-order valence-corrected chi connectivity index (χ0v) is 13.3. The fourth-order valence-corrected chi connectivity index (χ4v) is 2.92. The van der Waals surface area contributed by atoms with E-state index in [1.807, 2.05) is 29.8 Å². The third kappa shape index (κ3) is 3.28. The summed E-state index contributed by atoms with van der Waals surface area (Å²) < 4.78 is 6.61. The van der Waals surface area contributed by atoms with E-state index in [1.54, 1.807) is 11.2 Å². The number of rotatable bonds is 3. The molecule has 23 heavy (non-hydrogen) atoms. The van der Waals surface area contributed by atoms with Crippen molar-refractivity contribution in [2.24, 2.45) is 13.0 Å². The number of hydrogen-bond acceptors (Lipinski definition) is 4. The second-order valence-corrected chi connectivity index (χ2v) is 5.87. The summed E-state index contributed by atoms with van der Waals surface area (Å²) in [7, 11) is 3.31. The van der Waals surface area contributed by atoms with Gasteiger partial charge in [0, 0.05) is 25.8 Å². The molecule has 1 aliphatic rings. The predicted octanol–water partition coefficient (Wildman–Crippen LogP) is 1.99. The minimum Gasteiger partial charge on any atom is -0.469 e. The third-order valence-corrected chi connectivity index (χ3v) is 4.23. The molecule has 3 rings (SSSR count). The van der Waals surface area contributed by atoms with E-state index in [-0.39, 0.29) is 17.9 Å². The average molecular weight is 316 g/mol. The standard InChI is InChI=1S/C16H20N4O3/c1-19-10-17-13-8-12(3-4-14(13)19)18-16(22)20-6-5-11(9-20)7-15(21)23-2/h3-4,8,10-11H,5-7,9H2,1-2H3,(H,18,22). The van der Waals surface area contributed by atoms with E-state index in [0.717, 1.165) is 23.1 Å². The lowest BCUT2D eigenvalue weighted by molar-refractivity contribution is -0.141. The van der Waals surface area contributed by atoms with Gasteiger partial charge in [0.25, 0.3) is 0 Å². The Hall–Kier alpha value is -2.57. The van der Waals surface area contributed by atoms with Gasteiger partial charge in [0.2, 0.25) is 0 Å². The summed E-state index contributed by atoms with van der Waals surface area (Å²) in [6.45, 7) is 1.23. The number of likely N-dealkylation sites (tertiary alicyclic amines) is 1. The van der Waals surface area contributed by atoms with Gasteiger partial charge >= 0.3 is 12.0 Å². The van der Waals surface area contributed by atoms with E-state index >= 15 is 0 Å². The lowest BCUT2D eigenvalue weighted by Gasteiger charge is -2.17. The number of imidazole rings is 1. The van der Waals surface area contributed by atoms with Crippen molar-refractivity contribution in [3.8, 4) is 0 Å². The molecule has 1 aromatic carbocycles. The first-order valence-electron chi connectivity index (χ1n) is 7.60. The number of ether oxygens (including phenoxy) is 1. The summed E-state index contributed by atoms with van der Waals surface area (Å²) in [4.78, 5) is 29.7. The summed E-state index contributed by atoms with van der Waals surface area (Å²) in [5, 5.41) is 2.89. The number of nitrogens with zero attached hydrogens (tertiary/aromatic N) is 3. The first-order chi connectivity index (χ1) is 11.1. The number of nitrogens with one attached hydrogen (secondary N) is 1. The van der Waals surface area contributed by atoms with Crippen LogP contribution in [0.3, 0.4) is 0 Å². The third-order valence-electron chi connectivity index (χ3n) is 4.23. The first kappa shape index (κ1) is 15.3. The maximum atomic E-state index is 12.3. The molecule has 1 unspecified atom stereocenters. The molecule has 2 aromatic rings. The second-order valence-electron chi connectivity index (χ2n) is 5.87. The summed E-state index contributed by atoms with van der Waals surface area (Å²) in [6, 6.07) is 5.51. The van der Waals surface area contributed by atoms with E-state index < -0.39 is 0 Å². The summed E-state index contributed by atoms with van der Waals surface area (Å²) in [5.74, 6) is -0.0515. The Bertz CT molecular complexity index is 740. The molecule has 2 heterocycles. The van der Waals surface area contributed by atoms with Crippen molar-refractivity contribution in [2.75, 3.05) is 25.5 Å². The lowest BCUT2D eigenvalue weighted by Crippen LogP contribution is -2.33. The van der Waals surface area contributed by atoms with Gasteiger partial charge in [0.1, 0.15) is 0 Å². The molecule has 7 heteroatoms. The maximum absolute atomic E-state index is 12.3. The maximum Gasteiger partial charge on any atom is 0.321 e. The van der Waals surface area contributed by atoms with Gasteiger partial charge in [-0.25, -0.2) is 9.78 Å². The Morgan fingerprint density at radius 1 is 1.43 bits per heavy atom. The number of urea groups is 1. The minimum atomic E-state index is -0.224. The molecule has 0 bridgehead atoms. The fraction of sp³-hybridized carbons (Fsp3) is 0.438. The molecule has 1 N–H and O–H groups in total. The van der Waals surface area contributed by atoms with Crippen LogP contribution >= 0.6 is 0 Å². The van der Waals surface area contributed by atoms with Gasteiger partial charge in [0.05, 0.1) is 30.9 Å². The summed E-state index contributed by atoms with van der Waals surface area (Å²) >= 11 is 0. The quantitative estimate of drug-likeness (QED) is 0.879. The monoisotopic (exact) mass is 316 g/mol. The number of benzene rings is 1. The molecule has 1 fully saturated rings. The van der Waals surface area contributed by atoms with Gasteiger partial charge in [0.15, 0.2) is 0 Å². The van der Waals surface area contributed by atoms with Crippen LogP contribution in [0.5, 0.6) is 0 Å². The molecule has 122 valence electrons. The lowest BCUT2D eigenvalue weighted by atomic mass is 10.1. The number of amides is 2. The molecule has 7 nitrogen and oxygen atoms in total. The Morgan fingerprint density at radius 2 is 2.26 bits per heavy atom. The molecule has 1 aliphatic heterocycles. The van der Waals surface area contributed by atoms with Gasteiger partial charge in [-0.05, 0) is 30.5 Å². The topological polar surface area (TPSA) is 76.5 Å². The zero-order valence-electron chi connectivity index (χ0n) is 13.3. The number of esters is 1. The SMILES string of the molecule is COC(=O)CC1CCN(C(=O)Nc2ccc3c(c2)ncn3C)C1. The van der Waals surface area contributed by atoms with Crippen LogP contribution < -0.4 is 5.32 Å². The highest BCUT2D eigenvalue weighted by atomic mass is 16.5. The van der Waals surface area contributed by atoms with Crippen LogP contribution in [0.2, 0.25) is 0 Å². The largest absolute Gasteiger partial charge is 0.469 e. The summed E-state index contributed by atoms with van der Waals surface area (Å²) in [5.41, 5.74) is 2.58. The van der Waals surface area contributed by atoms with Crippen LogP contribution in [-0.4, -0.2) is 46.7 Å². The zero-order chi connectivity index (χ0) is 16.4. The number of methoxy groups -OCH3 is 1.